The van der Waals surface area contributed by atoms with E-state index in [2.05, 4.69) is 20.9 Å². The smallest absolute Gasteiger partial charge is 0.168 e. The predicted octanol–water partition coefficient (Wildman–Crippen LogP) is 3.24. The first-order valence-corrected chi connectivity index (χ1v) is 5.87. The number of hydrogen-bond acceptors (Lipinski definition) is 3. The Labute approximate surface area is 108 Å². The molecule has 0 aliphatic heterocycles. The molecule has 3 nitrogen and oxygen atoms in total. The van der Waals surface area contributed by atoms with Crippen molar-refractivity contribution in [3.8, 4) is 5.75 Å². The van der Waals surface area contributed by atoms with Crippen molar-refractivity contribution in [2.24, 2.45) is 0 Å². The predicted molar refractivity (Wildman–Crippen MR) is 68.1 cm³/mol. The Bertz CT molecular complexity index is 514. The first-order valence-electron chi connectivity index (χ1n) is 5.08. The minimum atomic E-state index is 0.379. The lowest BCUT2D eigenvalue weighted by Crippen LogP contribution is -1.97. The molecule has 0 atom stereocenters. The van der Waals surface area contributed by atoms with Gasteiger partial charge in [-0.3, -0.25) is 4.79 Å². The minimum Gasteiger partial charge on any atom is -0.486 e. The normalized spacial score (nSPS) is 9.94. The van der Waals surface area contributed by atoms with Crippen molar-refractivity contribution in [2.45, 2.75) is 6.61 Å². The van der Waals surface area contributed by atoms with Gasteiger partial charge in [-0.05, 0) is 33.6 Å². The Morgan fingerprint density at radius 1 is 1.18 bits per heavy atom. The topological polar surface area (TPSA) is 39.2 Å². The highest BCUT2D eigenvalue weighted by atomic mass is 79.9. The van der Waals surface area contributed by atoms with Crippen LogP contribution in [0.5, 0.6) is 5.75 Å². The standard InChI is InChI=1S/C13H10BrNO2/c14-13-12(7-6-11(8-16)15-13)17-9-10-4-2-1-3-5-10/h1-8H,9H2. The summed E-state index contributed by atoms with van der Waals surface area (Å²) in [6, 6.07) is 13.2. The van der Waals surface area contributed by atoms with Gasteiger partial charge in [0.25, 0.3) is 0 Å². The molecule has 0 spiro atoms. The number of halogens is 1. The Morgan fingerprint density at radius 3 is 2.59 bits per heavy atom. The van der Waals surface area contributed by atoms with E-state index in [9.17, 15) is 4.79 Å². The zero-order chi connectivity index (χ0) is 12.1. The van der Waals surface area contributed by atoms with Crippen molar-refractivity contribution in [2.75, 3.05) is 0 Å². The molecule has 0 saturated heterocycles. The maximum atomic E-state index is 10.5. The molecule has 2 rings (SSSR count). The SMILES string of the molecule is O=Cc1ccc(OCc2ccccc2)c(Br)n1. The molecule has 4 heteroatoms. The van der Waals surface area contributed by atoms with Crippen LogP contribution in [0.1, 0.15) is 16.1 Å². The minimum absolute atomic E-state index is 0.379. The van der Waals surface area contributed by atoms with Gasteiger partial charge in [-0.2, -0.15) is 0 Å². The second kappa shape index (κ2) is 5.59. The Balaban J connectivity index is 2.07. The molecule has 0 fully saturated rings. The number of pyridine rings is 1. The Morgan fingerprint density at radius 2 is 1.94 bits per heavy atom. The lowest BCUT2D eigenvalue weighted by atomic mass is 10.2. The van der Waals surface area contributed by atoms with Crippen LogP contribution >= 0.6 is 15.9 Å². The molecule has 0 N–H and O–H groups in total. The fourth-order valence-electron chi connectivity index (χ4n) is 1.34. The highest BCUT2D eigenvalue weighted by Gasteiger charge is 2.04. The summed E-state index contributed by atoms with van der Waals surface area (Å²) in [5.41, 5.74) is 1.46. The third-order valence-corrected chi connectivity index (χ3v) is 2.76. The van der Waals surface area contributed by atoms with Gasteiger partial charge in [-0.25, -0.2) is 4.98 Å². The van der Waals surface area contributed by atoms with E-state index in [4.69, 9.17) is 4.74 Å². The maximum Gasteiger partial charge on any atom is 0.168 e. The zero-order valence-corrected chi connectivity index (χ0v) is 10.6. The summed E-state index contributed by atoms with van der Waals surface area (Å²) in [6.07, 6.45) is 0.700. The third kappa shape index (κ3) is 3.14. The number of ether oxygens (including phenoxy) is 1. The van der Waals surface area contributed by atoms with Crippen molar-refractivity contribution < 1.29 is 9.53 Å². The number of aromatic nitrogens is 1. The molecule has 0 radical (unpaired) electrons. The van der Waals surface area contributed by atoms with E-state index in [1.54, 1.807) is 12.1 Å². The van der Waals surface area contributed by atoms with Crippen molar-refractivity contribution in [3.05, 3.63) is 58.3 Å². The molecule has 1 aromatic carbocycles. The number of rotatable bonds is 4. The molecule has 1 heterocycles. The molecule has 0 aliphatic rings. The van der Waals surface area contributed by atoms with Crippen LogP contribution in [-0.2, 0) is 6.61 Å². The fourth-order valence-corrected chi connectivity index (χ4v) is 1.80. The first kappa shape index (κ1) is 11.8. The number of nitrogens with zero attached hydrogens (tertiary/aromatic N) is 1. The zero-order valence-electron chi connectivity index (χ0n) is 8.97. The van der Waals surface area contributed by atoms with Gasteiger partial charge < -0.3 is 4.74 Å². The highest BCUT2D eigenvalue weighted by Crippen LogP contribution is 2.23. The molecule has 86 valence electrons. The number of hydrogen-bond donors (Lipinski definition) is 0. The third-order valence-electron chi connectivity index (χ3n) is 2.19. The van der Waals surface area contributed by atoms with E-state index in [1.165, 1.54) is 0 Å². The van der Waals surface area contributed by atoms with Crippen molar-refractivity contribution in [3.63, 3.8) is 0 Å². The van der Waals surface area contributed by atoms with Gasteiger partial charge in [-0.1, -0.05) is 30.3 Å². The molecule has 0 unspecified atom stereocenters. The molecule has 1 aromatic heterocycles. The largest absolute Gasteiger partial charge is 0.486 e. The van der Waals surface area contributed by atoms with Gasteiger partial charge in [0, 0.05) is 0 Å². The van der Waals surface area contributed by atoms with Crippen LogP contribution in [-0.4, -0.2) is 11.3 Å². The van der Waals surface area contributed by atoms with E-state index in [0.29, 0.717) is 28.9 Å². The molecule has 0 saturated carbocycles. The number of carbonyl (C=O) groups is 1. The summed E-state index contributed by atoms with van der Waals surface area (Å²) < 4.78 is 6.14. The quantitative estimate of drug-likeness (QED) is 0.641. The molecule has 2 aromatic rings. The molecule has 0 bridgehead atoms. The molecule has 17 heavy (non-hydrogen) atoms. The average Bonchev–Trinajstić information content (AvgIpc) is 2.38. The summed E-state index contributed by atoms with van der Waals surface area (Å²) in [5.74, 6) is 0.624. The summed E-state index contributed by atoms with van der Waals surface area (Å²) in [6.45, 7) is 0.474. The molecular formula is C13H10BrNO2. The number of aldehydes is 1. The lowest BCUT2D eigenvalue weighted by molar-refractivity contribution is 0.111. The van der Waals surface area contributed by atoms with Gasteiger partial charge in [-0.15, -0.1) is 0 Å². The van der Waals surface area contributed by atoms with Crippen LogP contribution in [0.2, 0.25) is 0 Å². The van der Waals surface area contributed by atoms with Crippen molar-refractivity contribution in [1.82, 2.24) is 4.98 Å². The molecule has 0 amide bonds. The Hall–Kier alpha value is -1.68. The summed E-state index contributed by atoms with van der Waals surface area (Å²) in [7, 11) is 0. The van der Waals surface area contributed by atoms with Gasteiger partial charge >= 0.3 is 0 Å². The van der Waals surface area contributed by atoms with E-state index in [0.717, 1.165) is 5.56 Å². The average molecular weight is 292 g/mol. The van der Waals surface area contributed by atoms with E-state index < -0.39 is 0 Å². The second-order valence-corrected chi connectivity index (χ2v) is 4.17. The van der Waals surface area contributed by atoms with Crippen LogP contribution in [0.3, 0.4) is 0 Å². The second-order valence-electron chi connectivity index (χ2n) is 3.42. The van der Waals surface area contributed by atoms with Gasteiger partial charge in [0.15, 0.2) is 12.0 Å². The van der Waals surface area contributed by atoms with E-state index in [-0.39, 0.29) is 0 Å². The lowest BCUT2D eigenvalue weighted by Gasteiger charge is -2.07. The fraction of sp³-hybridized carbons (Fsp3) is 0.0769. The Kier molecular flexibility index (Phi) is 3.88. The van der Waals surface area contributed by atoms with Crippen LogP contribution in [0.15, 0.2) is 47.1 Å². The van der Waals surface area contributed by atoms with Crippen molar-refractivity contribution in [1.29, 1.82) is 0 Å². The van der Waals surface area contributed by atoms with Gasteiger partial charge in [0.05, 0.1) is 0 Å². The summed E-state index contributed by atoms with van der Waals surface area (Å²) >= 11 is 3.27. The summed E-state index contributed by atoms with van der Waals surface area (Å²) in [5, 5.41) is 0. The van der Waals surface area contributed by atoms with E-state index in [1.807, 2.05) is 30.3 Å². The van der Waals surface area contributed by atoms with Gasteiger partial charge in [0.1, 0.15) is 16.9 Å². The number of carbonyl (C=O) groups excluding carboxylic acids is 1. The van der Waals surface area contributed by atoms with Crippen LogP contribution < -0.4 is 4.74 Å². The monoisotopic (exact) mass is 291 g/mol. The summed E-state index contributed by atoms with van der Waals surface area (Å²) in [4.78, 5) is 14.6. The van der Waals surface area contributed by atoms with Gasteiger partial charge in [0.2, 0.25) is 0 Å². The molecular weight excluding hydrogens is 282 g/mol. The van der Waals surface area contributed by atoms with E-state index >= 15 is 0 Å². The van der Waals surface area contributed by atoms with Crippen LogP contribution in [0.25, 0.3) is 0 Å². The maximum absolute atomic E-state index is 10.5. The highest BCUT2D eigenvalue weighted by molar-refractivity contribution is 9.10. The van der Waals surface area contributed by atoms with Crippen LogP contribution in [0, 0.1) is 0 Å². The molecule has 0 aliphatic carbocycles. The van der Waals surface area contributed by atoms with Crippen molar-refractivity contribution >= 4 is 22.2 Å². The first-order chi connectivity index (χ1) is 8.29. The number of benzene rings is 1. The van der Waals surface area contributed by atoms with Crippen LogP contribution in [0.4, 0.5) is 0 Å².